The Balaban J connectivity index is 1.43. The molecule has 0 atom stereocenters. The first kappa shape index (κ1) is 17.9. The molecule has 0 bridgehead atoms. The fourth-order valence-corrected chi connectivity index (χ4v) is 3.28. The zero-order chi connectivity index (χ0) is 19.5. The average Bonchev–Trinajstić information content (AvgIpc) is 2.74. The number of amides is 1. The topological polar surface area (TPSA) is 75.2 Å². The number of nitrogens with zero attached hydrogens (tertiary/aromatic N) is 3. The fraction of sp³-hybridized carbons (Fsp3) is 0.182. The number of nitrogens with one attached hydrogen (secondary N) is 1. The lowest BCUT2D eigenvalue weighted by atomic mass is 10.0. The van der Waals surface area contributed by atoms with Crippen LogP contribution in [-0.2, 0) is 13.0 Å². The first-order valence-electron chi connectivity index (χ1n) is 9.16. The van der Waals surface area contributed by atoms with Gasteiger partial charge in [0.05, 0.1) is 12.4 Å². The third-order valence-corrected chi connectivity index (χ3v) is 4.87. The summed E-state index contributed by atoms with van der Waals surface area (Å²) in [7, 11) is 0. The number of ketones is 1. The molecule has 140 valence electrons. The van der Waals surface area contributed by atoms with Crippen LogP contribution >= 0.6 is 0 Å². The van der Waals surface area contributed by atoms with Crippen molar-refractivity contribution in [2.45, 2.75) is 19.9 Å². The molecular formula is C22H20N4O2. The molecule has 0 aliphatic carbocycles. The summed E-state index contributed by atoms with van der Waals surface area (Å²) in [5.41, 5.74) is 4.13. The van der Waals surface area contributed by atoms with E-state index < -0.39 is 0 Å². The van der Waals surface area contributed by atoms with E-state index in [1.54, 1.807) is 30.5 Å². The minimum Gasteiger partial charge on any atom is -0.351 e. The molecule has 1 amide bonds. The van der Waals surface area contributed by atoms with Crippen molar-refractivity contribution in [3.63, 3.8) is 0 Å². The molecule has 1 aliphatic rings. The highest BCUT2D eigenvalue weighted by atomic mass is 16.2. The number of benzene rings is 2. The van der Waals surface area contributed by atoms with Crippen LogP contribution in [0.3, 0.4) is 0 Å². The summed E-state index contributed by atoms with van der Waals surface area (Å²) in [4.78, 5) is 34.6. The van der Waals surface area contributed by atoms with Gasteiger partial charge in [0.1, 0.15) is 11.5 Å². The molecule has 0 unspecified atom stereocenters. The van der Waals surface area contributed by atoms with Gasteiger partial charge >= 0.3 is 0 Å². The molecule has 0 radical (unpaired) electrons. The molecule has 2 aromatic carbocycles. The Morgan fingerprint density at radius 2 is 1.71 bits per heavy atom. The maximum Gasteiger partial charge on any atom is 0.275 e. The summed E-state index contributed by atoms with van der Waals surface area (Å²) < 4.78 is 0. The molecule has 2 heterocycles. The van der Waals surface area contributed by atoms with Crippen molar-refractivity contribution >= 4 is 23.2 Å². The number of carbonyl (C=O) groups excluding carboxylic acids is 2. The van der Waals surface area contributed by atoms with E-state index in [-0.39, 0.29) is 17.4 Å². The van der Waals surface area contributed by atoms with Gasteiger partial charge in [-0.25, -0.2) is 9.97 Å². The van der Waals surface area contributed by atoms with Crippen molar-refractivity contribution in [2.24, 2.45) is 0 Å². The molecule has 4 rings (SSSR count). The van der Waals surface area contributed by atoms with E-state index in [0.29, 0.717) is 11.3 Å². The maximum absolute atomic E-state index is 12.4. The third kappa shape index (κ3) is 3.76. The Labute approximate surface area is 163 Å². The van der Waals surface area contributed by atoms with Gasteiger partial charge in [0, 0.05) is 24.3 Å². The lowest BCUT2D eigenvalue weighted by Gasteiger charge is -2.29. The van der Waals surface area contributed by atoms with Gasteiger partial charge in [-0.15, -0.1) is 0 Å². The van der Waals surface area contributed by atoms with Crippen molar-refractivity contribution in [3.8, 4) is 0 Å². The Kier molecular flexibility index (Phi) is 4.85. The molecular weight excluding hydrogens is 352 g/mol. The fourth-order valence-electron chi connectivity index (χ4n) is 3.28. The third-order valence-electron chi connectivity index (χ3n) is 4.87. The molecule has 0 fully saturated rings. The van der Waals surface area contributed by atoms with Crippen LogP contribution in [0.4, 0.5) is 11.5 Å². The first-order valence-corrected chi connectivity index (χ1v) is 9.16. The molecule has 1 N–H and O–H groups in total. The number of anilines is 2. The number of hydrogen-bond acceptors (Lipinski definition) is 5. The van der Waals surface area contributed by atoms with E-state index in [1.165, 1.54) is 24.2 Å². The Hall–Kier alpha value is -3.54. The predicted molar refractivity (Wildman–Crippen MR) is 108 cm³/mol. The van der Waals surface area contributed by atoms with Gasteiger partial charge in [-0.3, -0.25) is 9.59 Å². The zero-order valence-corrected chi connectivity index (χ0v) is 15.6. The molecule has 1 aromatic heterocycles. The SMILES string of the molecule is CC(=O)c1ccc(NC(=O)c2cnc(N3CCc4ccccc4C3)cn2)cc1. The predicted octanol–water partition coefficient (Wildman–Crippen LogP) is 3.49. The summed E-state index contributed by atoms with van der Waals surface area (Å²) >= 11 is 0. The highest BCUT2D eigenvalue weighted by molar-refractivity contribution is 6.03. The first-order chi connectivity index (χ1) is 13.6. The van der Waals surface area contributed by atoms with Gasteiger partial charge in [0.25, 0.3) is 5.91 Å². The minimum absolute atomic E-state index is 0.0142. The molecule has 6 nitrogen and oxygen atoms in total. The summed E-state index contributed by atoms with van der Waals surface area (Å²) in [6.45, 7) is 3.17. The molecule has 0 saturated carbocycles. The zero-order valence-electron chi connectivity index (χ0n) is 15.6. The van der Waals surface area contributed by atoms with E-state index >= 15 is 0 Å². The minimum atomic E-state index is -0.335. The molecule has 6 heteroatoms. The second-order valence-electron chi connectivity index (χ2n) is 6.79. The largest absolute Gasteiger partial charge is 0.351 e. The maximum atomic E-state index is 12.4. The number of carbonyl (C=O) groups is 2. The normalized spacial score (nSPS) is 13.0. The van der Waals surface area contributed by atoms with Crippen LogP contribution in [0.1, 0.15) is 38.9 Å². The van der Waals surface area contributed by atoms with Crippen LogP contribution < -0.4 is 10.2 Å². The monoisotopic (exact) mass is 372 g/mol. The van der Waals surface area contributed by atoms with Crippen LogP contribution in [0.15, 0.2) is 60.9 Å². The van der Waals surface area contributed by atoms with Gasteiger partial charge in [0.15, 0.2) is 5.78 Å². The summed E-state index contributed by atoms with van der Waals surface area (Å²) in [6, 6.07) is 15.2. The average molecular weight is 372 g/mol. The van der Waals surface area contributed by atoms with Gasteiger partial charge in [-0.2, -0.15) is 0 Å². The van der Waals surface area contributed by atoms with E-state index in [9.17, 15) is 9.59 Å². The number of rotatable bonds is 4. The van der Waals surface area contributed by atoms with Gasteiger partial charge in [-0.05, 0) is 48.7 Å². The Bertz CT molecular complexity index is 1010. The number of hydrogen-bond donors (Lipinski definition) is 1. The van der Waals surface area contributed by atoms with E-state index in [1.807, 2.05) is 6.07 Å². The molecule has 1 aliphatic heterocycles. The van der Waals surface area contributed by atoms with Crippen molar-refractivity contribution in [1.82, 2.24) is 9.97 Å². The van der Waals surface area contributed by atoms with Crippen LogP contribution in [0.2, 0.25) is 0 Å². The number of Topliss-reactive ketones (excluding diaryl/α,β-unsaturated/α-hetero) is 1. The molecule has 0 spiro atoms. The number of aromatic nitrogens is 2. The van der Waals surface area contributed by atoms with Crippen molar-refractivity contribution in [1.29, 1.82) is 0 Å². The molecule has 3 aromatic rings. The lowest BCUT2D eigenvalue weighted by Crippen LogP contribution is -2.31. The summed E-state index contributed by atoms with van der Waals surface area (Å²) in [6.07, 6.45) is 4.10. The summed E-state index contributed by atoms with van der Waals surface area (Å²) in [5, 5.41) is 2.77. The van der Waals surface area contributed by atoms with Crippen LogP contribution in [0.25, 0.3) is 0 Å². The van der Waals surface area contributed by atoms with Crippen LogP contribution in [-0.4, -0.2) is 28.2 Å². The van der Waals surface area contributed by atoms with Crippen LogP contribution in [0.5, 0.6) is 0 Å². The lowest BCUT2D eigenvalue weighted by molar-refractivity contribution is 0.101. The highest BCUT2D eigenvalue weighted by Gasteiger charge is 2.18. The Morgan fingerprint density at radius 1 is 0.964 bits per heavy atom. The van der Waals surface area contributed by atoms with Crippen molar-refractivity contribution < 1.29 is 9.59 Å². The second-order valence-corrected chi connectivity index (χ2v) is 6.79. The van der Waals surface area contributed by atoms with Crippen LogP contribution in [0, 0.1) is 0 Å². The van der Waals surface area contributed by atoms with E-state index in [4.69, 9.17) is 0 Å². The smallest absolute Gasteiger partial charge is 0.275 e. The molecule has 0 saturated heterocycles. The van der Waals surface area contributed by atoms with E-state index in [0.717, 1.165) is 25.3 Å². The Morgan fingerprint density at radius 3 is 2.39 bits per heavy atom. The standard InChI is InChI=1S/C22H20N4O2/c1-15(27)16-6-8-19(9-7-16)25-22(28)20-12-24-21(13-23-20)26-11-10-17-4-2-3-5-18(17)14-26/h2-9,12-13H,10-11,14H2,1H3,(H,25,28). The molecule has 28 heavy (non-hydrogen) atoms. The second kappa shape index (κ2) is 7.60. The quantitative estimate of drug-likeness (QED) is 0.710. The van der Waals surface area contributed by atoms with Gasteiger partial charge in [-0.1, -0.05) is 24.3 Å². The summed E-state index contributed by atoms with van der Waals surface area (Å²) in [5.74, 6) is 0.412. The number of fused-ring (bicyclic) bond motifs is 1. The van der Waals surface area contributed by atoms with E-state index in [2.05, 4.69) is 38.4 Å². The van der Waals surface area contributed by atoms with Crippen molar-refractivity contribution in [2.75, 3.05) is 16.8 Å². The van der Waals surface area contributed by atoms with Crippen molar-refractivity contribution in [3.05, 3.63) is 83.3 Å². The van der Waals surface area contributed by atoms with Gasteiger partial charge < -0.3 is 10.2 Å². The van der Waals surface area contributed by atoms with Gasteiger partial charge in [0.2, 0.25) is 0 Å². The highest BCUT2D eigenvalue weighted by Crippen LogP contribution is 2.22.